The van der Waals surface area contributed by atoms with Gasteiger partial charge in [0.05, 0.1) is 19.2 Å². The first-order chi connectivity index (χ1) is 10.0. The SMILES string of the molecule is COC(=O)c1ccc(NCC(=O)NCCCN(C)C)cc1. The topological polar surface area (TPSA) is 70.7 Å². The number of carbonyl (C=O) groups excluding carboxylic acids is 2. The summed E-state index contributed by atoms with van der Waals surface area (Å²) in [6.45, 7) is 1.82. The van der Waals surface area contributed by atoms with Crippen molar-refractivity contribution in [2.24, 2.45) is 0 Å². The average molecular weight is 293 g/mol. The summed E-state index contributed by atoms with van der Waals surface area (Å²) in [5.41, 5.74) is 1.27. The Bertz CT molecular complexity index is 458. The maximum absolute atomic E-state index is 11.6. The Morgan fingerprint density at radius 2 is 1.86 bits per heavy atom. The van der Waals surface area contributed by atoms with Crippen LogP contribution in [0.2, 0.25) is 0 Å². The molecule has 0 unspecified atom stereocenters. The van der Waals surface area contributed by atoms with E-state index in [0.29, 0.717) is 12.1 Å². The minimum Gasteiger partial charge on any atom is -0.465 e. The lowest BCUT2D eigenvalue weighted by Gasteiger charge is -2.10. The highest BCUT2D eigenvalue weighted by Crippen LogP contribution is 2.09. The second-order valence-corrected chi connectivity index (χ2v) is 4.93. The van der Waals surface area contributed by atoms with E-state index < -0.39 is 0 Å². The van der Waals surface area contributed by atoms with E-state index in [0.717, 1.165) is 18.7 Å². The van der Waals surface area contributed by atoms with E-state index in [1.807, 2.05) is 14.1 Å². The zero-order valence-corrected chi connectivity index (χ0v) is 12.8. The predicted molar refractivity (Wildman–Crippen MR) is 82.5 cm³/mol. The van der Waals surface area contributed by atoms with Gasteiger partial charge in [-0.2, -0.15) is 0 Å². The molecule has 0 saturated carbocycles. The standard InChI is InChI=1S/C15H23N3O3/c1-18(2)10-4-9-16-14(19)11-17-13-7-5-12(6-8-13)15(20)21-3/h5-8,17H,4,9-11H2,1-3H3,(H,16,19). The molecule has 0 spiro atoms. The molecule has 1 aromatic carbocycles. The summed E-state index contributed by atoms with van der Waals surface area (Å²) in [4.78, 5) is 25.0. The fourth-order valence-corrected chi connectivity index (χ4v) is 1.71. The Morgan fingerprint density at radius 1 is 1.19 bits per heavy atom. The second kappa shape index (κ2) is 8.97. The van der Waals surface area contributed by atoms with Crippen molar-refractivity contribution >= 4 is 17.6 Å². The molecule has 0 heterocycles. The van der Waals surface area contributed by atoms with Crippen LogP contribution >= 0.6 is 0 Å². The Kier molecular flexibility index (Phi) is 7.25. The molecule has 2 N–H and O–H groups in total. The monoisotopic (exact) mass is 293 g/mol. The normalized spacial score (nSPS) is 10.3. The van der Waals surface area contributed by atoms with Crippen molar-refractivity contribution in [1.82, 2.24) is 10.2 Å². The Hall–Kier alpha value is -2.08. The number of hydrogen-bond acceptors (Lipinski definition) is 5. The van der Waals surface area contributed by atoms with E-state index in [1.165, 1.54) is 7.11 Å². The number of methoxy groups -OCH3 is 1. The Balaban J connectivity index is 2.28. The second-order valence-electron chi connectivity index (χ2n) is 4.93. The Labute approximate surface area is 125 Å². The number of rotatable bonds is 8. The first-order valence-electron chi connectivity index (χ1n) is 6.86. The number of amides is 1. The molecule has 6 nitrogen and oxygen atoms in total. The van der Waals surface area contributed by atoms with Crippen LogP contribution in [0.3, 0.4) is 0 Å². The predicted octanol–water partition coefficient (Wildman–Crippen LogP) is 0.953. The number of ether oxygens (including phenoxy) is 1. The van der Waals surface area contributed by atoms with Crippen LogP contribution in [0.4, 0.5) is 5.69 Å². The lowest BCUT2D eigenvalue weighted by Crippen LogP contribution is -2.31. The van der Waals surface area contributed by atoms with Crippen LogP contribution in [-0.2, 0) is 9.53 Å². The molecule has 0 fully saturated rings. The van der Waals surface area contributed by atoms with Crippen LogP contribution in [0.5, 0.6) is 0 Å². The van der Waals surface area contributed by atoms with Crippen molar-refractivity contribution in [3.63, 3.8) is 0 Å². The smallest absolute Gasteiger partial charge is 0.337 e. The number of hydrogen-bond donors (Lipinski definition) is 2. The molecule has 0 bridgehead atoms. The molecule has 1 aromatic rings. The van der Waals surface area contributed by atoms with E-state index in [2.05, 4.69) is 20.3 Å². The lowest BCUT2D eigenvalue weighted by molar-refractivity contribution is -0.119. The highest BCUT2D eigenvalue weighted by Gasteiger charge is 2.05. The third-order valence-electron chi connectivity index (χ3n) is 2.86. The maximum Gasteiger partial charge on any atom is 0.337 e. The molecular formula is C15H23N3O3. The molecule has 0 aliphatic heterocycles. The zero-order valence-electron chi connectivity index (χ0n) is 12.8. The highest BCUT2D eigenvalue weighted by atomic mass is 16.5. The number of esters is 1. The average Bonchev–Trinajstić information content (AvgIpc) is 2.49. The fourth-order valence-electron chi connectivity index (χ4n) is 1.71. The van der Waals surface area contributed by atoms with Crippen LogP contribution in [0.1, 0.15) is 16.8 Å². The van der Waals surface area contributed by atoms with Gasteiger partial charge >= 0.3 is 5.97 Å². The van der Waals surface area contributed by atoms with Gasteiger partial charge in [0.15, 0.2) is 0 Å². The fraction of sp³-hybridized carbons (Fsp3) is 0.467. The lowest BCUT2D eigenvalue weighted by atomic mass is 10.2. The molecule has 0 aromatic heterocycles. The van der Waals surface area contributed by atoms with Crippen LogP contribution in [-0.4, -0.2) is 57.6 Å². The molecule has 0 aliphatic rings. The van der Waals surface area contributed by atoms with Gasteiger partial charge in [0.2, 0.25) is 5.91 Å². The van der Waals surface area contributed by atoms with Gasteiger partial charge in [-0.3, -0.25) is 4.79 Å². The van der Waals surface area contributed by atoms with Crippen molar-refractivity contribution in [3.05, 3.63) is 29.8 Å². The Morgan fingerprint density at radius 3 is 2.43 bits per heavy atom. The summed E-state index contributed by atoms with van der Waals surface area (Å²) in [6.07, 6.45) is 0.923. The van der Waals surface area contributed by atoms with Gasteiger partial charge in [0, 0.05) is 12.2 Å². The first-order valence-corrected chi connectivity index (χ1v) is 6.86. The van der Waals surface area contributed by atoms with Gasteiger partial charge < -0.3 is 20.3 Å². The van der Waals surface area contributed by atoms with Crippen molar-refractivity contribution in [1.29, 1.82) is 0 Å². The third-order valence-corrected chi connectivity index (χ3v) is 2.86. The van der Waals surface area contributed by atoms with Crippen molar-refractivity contribution in [2.45, 2.75) is 6.42 Å². The molecule has 0 atom stereocenters. The number of benzene rings is 1. The molecule has 0 aliphatic carbocycles. The van der Waals surface area contributed by atoms with Crippen LogP contribution in [0, 0.1) is 0 Å². The summed E-state index contributed by atoms with van der Waals surface area (Å²) in [5, 5.41) is 5.85. The minimum atomic E-state index is -0.375. The van der Waals surface area contributed by atoms with Gasteiger partial charge in [-0.25, -0.2) is 4.79 Å². The summed E-state index contributed by atoms with van der Waals surface area (Å²) < 4.78 is 4.62. The zero-order chi connectivity index (χ0) is 15.7. The van der Waals surface area contributed by atoms with E-state index in [4.69, 9.17) is 0 Å². The van der Waals surface area contributed by atoms with Crippen molar-refractivity contribution < 1.29 is 14.3 Å². The van der Waals surface area contributed by atoms with E-state index in [-0.39, 0.29) is 18.4 Å². The molecular weight excluding hydrogens is 270 g/mol. The third kappa shape index (κ3) is 6.76. The van der Waals surface area contributed by atoms with Gasteiger partial charge in [-0.1, -0.05) is 0 Å². The molecule has 116 valence electrons. The summed E-state index contributed by atoms with van der Waals surface area (Å²) in [5.74, 6) is -0.425. The number of nitrogens with one attached hydrogen (secondary N) is 2. The quantitative estimate of drug-likeness (QED) is 0.552. The number of nitrogens with zero attached hydrogens (tertiary/aromatic N) is 1. The molecule has 1 amide bonds. The van der Waals surface area contributed by atoms with Crippen molar-refractivity contribution in [2.75, 3.05) is 46.2 Å². The van der Waals surface area contributed by atoms with Gasteiger partial charge in [0.1, 0.15) is 0 Å². The van der Waals surface area contributed by atoms with Gasteiger partial charge in [0.25, 0.3) is 0 Å². The van der Waals surface area contributed by atoms with E-state index in [1.54, 1.807) is 24.3 Å². The first kappa shape index (κ1) is 17.0. The van der Waals surface area contributed by atoms with Gasteiger partial charge in [-0.15, -0.1) is 0 Å². The highest BCUT2D eigenvalue weighted by molar-refractivity contribution is 5.89. The molecule has 0 radical (unpaired) electrons. The maximum atomic E-state index is 11.6. The van der Waals surface area contributed by atoms with Gasteiger partial charge in [-0.05, 0) is 51.3 Å². The number of carbonyl (C=O) groups is 2. The molecule has 1 rings (SSSR count). The molecule has 6 heteroatoms. The molecule has 21 heavy (non-hydrogen) atoms. The summed E-state index contributed by atoms with van der Waals surface area (Å²) in [6, 6.07) is 6.80. The minimum absolute atomic E-state index is 0.0502. The largest absolute Gasteiger partial charge is 0.465 e. The summed E-state index contributed by atoms with van der Waals surface area (Å²) in [7, 11) is 5.35. The van der Waals surface area contributed by atoms with Crippen LogP contribution in [0.25, 0.3) is 0 Å². The number of anilines is 1. The molecule has 0 saturated heterocycles. The van der Waals surface area contributed by atoms with E-state index >= 15 is 0 Å². The summed E-state index contributed by atoms with van der Waals surface area (Å²) >= 11 is 0. The van der Waals surface area contributed by atoms with Crippen LogP contribution in [0.15, 0.2) is 24.3 Å². The van der Waals surface area contributed by atoms with Crippen molar-refractivity contribution in [3.8, 4) is 0 Å². The van der Waals surface area contributed by atoms with Crippen LogP contribution < -0.4 is 10.6 Å². The van der Waals surface area contributed by atoms with E-state index in [9.17, 15) is 9.59 Å².